The van der Waals surface area contributed by atoms with Crippen LogP contribution >= 0.6 is 0 Å². The maximum absolute atomic E-state index is 12.3. The molecule has 0 spiro atoms. The number of amides is 1. The smallest absolute Gasteiger partial charge is 0.341 e. The normalized spacial score (nSPS) is 12.0. The van der Waals surface area contributed by atoms with Gasteiger partial charge in [-0.05, 0) is 33.8 Å². The molecular weight excluding hydrogens is 298 g/mol. The molecule has 0 aromatic carbocycles. The lowest BCUT2D eigenvalue weighted by Crippen LogP contribution is -2.27. The number of carbonyl (C=O) groups excluding carboxylic acids is 2. The van der Waals surface area contributed by atoms with Crippen LogP contribution in [0.4, 0.5) is 0 Å². The number of nitrogens with one attached hydrogen (secondary N) is 2. The van der Waals surface area contributed by atoms with Crippen LogP contribution in [0.1, 0.15) is 51.7 Å². The van der Waals surface area contributed by atoms with Gasteiger partial charge in [0, 0.05) is 11.3 Å². The number of esters is 1. The van der Waals surface area contributed by atoms with Crippen LogP contribution in [0.15, 0.2) is 10.5 Å². The van der Waals surface area contributed by atoms with Crippen molar-refractivity contribution in [3.05, 3.63) is 40.1 Å². The zero-order valence-corrected chi connectivity index (χ0v) is 13.9. The van der Waals surface area contributed by atoms with E-state index in [4.69, 9.17) is 4.42 Å². The average Bonchev–Trinajstić information content (AvgIpc) is 3.06. The molecule has 0 fully saturated rings. The Morgan fingerprint density at radius 2 is 2.09 bits per heavy atom. The van der Waals surface area contributed by atoms with Crippen molar-refractivity contribution >= 4 is 11.9 Å². The van der Waals surface area contributed by atoms with E-state index in [-0.39, 0.29) is 18.4 Å². The molecule has 1 amide bonds. The minimum Gasteiger partial charge on any atom is -0.465 e. The minimum atomic E-state index is -0.457. The van der Waals surface area contributed by atoms with E-state index in [0.29, 0.717) is 17.1 Å². The monoisotopic (exact) mass is 319 g/mol. The predicted molar refractivity (Wildman–Crippen MR) is 83.1 cm³/mol. The van der Waals surface area contributed by atoms with Crippen molar-refractivity contribution in [2.24, 2.45) is 0 Å². The fraction of sp³-hybridized carbons (Fsp3) is 0.438. The number of aromatic nitrogens is 2. The van der Waals surface area contributed by atoms with Crippen molar-refractivity contribution in [3.63, 3.8) is 0 Å². The van der Waals surface area contributed by atoms with Gasteiger partial charge in [0.2, 0.25) is 5.91 Å². The van der Waals surface area contributed by atoms with E-state index in [9.17, 15) is 9.59 Å². The van der Waals surface area contributed by atoms with Crippen molar-refractivity contribution in [2.45, 2.75) is 40.2 Å². The molecular formula is C16H21N3O4. The summed E-state index contributed by atoms with van der Waals surface area (Å²) in [4.78, 5) is 23.9. The van der Waals surface area contributed by atoms with Crippen LogP contribution in [-0.4, -0.2) is 29.2 Å². The summed E-state index contributed by atoms with van der Waals surface area (Å²) >= 11 is 0. The van der Waals surface area contributed by atoms with Gasteiger partial charge >= 0.3 is 5.97 Å². The number of furan rings is 1. The maximum Gasteiger partial charge on any atom is 0.341 e. The maximum atomic E-state index is 12.3. The molecule has 0 aliphatic carbocycles. The molecule has 0 saturated carbocycles. The highest BCUT2D eigenvalue weighted by atomic mass is 16.5. The van der Waals surface area contributed by atoms with E-state index in [1.807, 2.05) is 20.8 Å². The summed E-state index contributed by atoms with van der Waals surface area (Å²) in [5.41, 5.74) is 2.96. The standard InChI is InChI=1S/C16H21N3O4/c1-8(14-9(2)18-19-10(14)3)15(20)17-7-12-6-13(11(4)23-12)16(21)22-5/h6,8H,7H2,1-5H3,(H,17,20)(H,18,19)/t8-/m0/s1. The van der Waals surface area contributed by atoms with E-state index in [1.165, 1.54) is 7.11 Å². The molecule has 7 heteroatoms. The molecule has 2 aromatic rings. The first-order valence-corrected chi connectivity index (χ1v) is 7.32. The summed E-state index contributed by atoms with van der Waals surface area (Å²) in [6.45, 7) is 7.46. The van der Waals surface area contributed by atoms with Gasteiger partial charge in [0.25, 0.3) is 0 Å². The van der Waals surface area contributed by atoms with Crippen molar-refractivity contribution in [1.82, 2.24) is 15.5 Å². The Bertz CT molecular complexity index is 710. The zero-order chi connectivity index (χ0) is 17.1. The van der Waals surface area contributed by atoms with Gasteiger partial charge in [0.15, 0.2) is 0 Å². The van der Waals surface area contributed by atoms with Crippen LogP contribution in [0, 0.1) is 20.8 Å². The number of H-pyrrole nitrogens is 1. The Labute approximate surface area is 134 Å². The Kier molecular flexibility index (Phi) is 4.88. The van der Waals surface area contributed by atoms with Crippen molar-refractivity contribution in [3.8, 4) is 0 Å². The molecule has 2 N–H and O–H groups in total. The van der Waals surface area contributed by atoms with Gasteiger partial charge in [-0.15, -0.1) is 0 Å². The molecule has 124 valence electrons. The number of hydrogen-bond acceptors (Lipinski definition) is 5. The Morgan fingerprint density at radius 1 is 1.39 bits per heavy atom. The second-order valence-corrected chi connectivity index (χ2v) is 5.46. The topological polar surface area (TPSA) is 97.2 Å². The Balaban J connectivity index is 2.03. The fourth-order valence-corrected chi connectivity index (χ4v) is 2.60. The molecule has 23 heavy (non-hydrogen) atoms. The Morgan fingerprint density at radius 3 is 2.65 bits per heavy atom. The minimum absolute atomic E-state index is 0.133. The predicted octanol–water partition coefficient (Wildman–Crippen LogP) is 2.13. The Hall–Kier alpha value is -2.57. The first-order valence-electron chi connectivity index (χ1n) is 7.32. The molecule has 2 heterocycles. The van der Waals surface area contributed by atoms with Crippen molar-refractivity contribution in [2.75, 3.05) is 7.11 Å². The molecule has 1 atom stereocenters. The molecule has 0 unspecified atom stereocenters. The van der Waals surface area contributed by atoms with Gasteiger partial charge in [0.1, 0.15) is 17.1 Å². The number of hydrogen-bond donors (Lipinski definition) is 2. The molecule has 0 aliphatic rings. The molecule has 0 bridgehead atoms. The largest absolute Gasteiger partial charge is 0.465 e. The van der Waals surface area contributed by atoms with Crippen LogP contribution in [-0.2, 0) is 16.1 Å². The number of carbonyl (C=O) groups is 2. The summed E-state index contributed by atoms with van der Waals surface area (Å²) in [5.74, 6) is 0.0535. The number of aryl methyl sites for hydroxylation is 3. The van der Waals surface area contributed by atoms with Crippen LogP contribution in [0.2, 0.25) is 0 Å². The summed E-state index contributed by atoms with van der Waals surface area (Å²) in [5, 5.41) is 9.80. The van der Waals surface area contributed by atoms with Gasteiger partial charge in [-0.25, -0.2) is 4.79 Å². The fourth-order valence-electron chi connectivity index (χ4n) is 2.60. The van der Waals surface area contributed by atoms with Gasteiger partial charge in [-0.2, -0.15) is 5.10 Å². The van der Waals surface area contributed by atoms with Gasteiger partial charge < -0.3 is 14.5 Å². The lowest BCUT2D eigenvalue weighted by Gasteiger charge is -2.12. The SMILES string of the molecule is COC(=O)c1cc(CNC(=O)[C@@H](C)c2c(C)n[nH]c2C)oc1C. The quantitative estimate of drug-likeness (QED) is 0.823. The molecule has 0 radical (unpaired) electrons. The van der Waals surface area contributed by atoms with Gasteiger partial charge in [0.05, 0.1) is 25.3 Å². The molecule has 2 aromatic heterocycles. The van der Waals surface area contributed by atoms with Gasteiger partial charge in [-0.3, -0.25) is 9.89 Å². The number of ether oxygens (including phenoxy) is 1. The highest BCUT2D eigenvalue weighted by Gasteiger charge is 2.22. The lowest BCUT2D eigenvalue weighted by atomic mass is 9.98. The second kappa shape index (κ2) is 6.68. The second-order valence-electron chi connectivity index (χ2n) is 5.46. The van der Waals surface area contributed by atoms with Crippen LogP contribution in [0.25, 0.3) is 0 Å². The van der Waals surface area contributed by atoms with Crippen LogP contribution in [0.5, 0.6) is 0 Å². The third-order valence-electron chi connectivity index (χ3n) is 3.82. The van der Waals surface area contributed by atoms with Crippen molar-refractivity contribution in [1.29, 1.82) is 0 Å². The third kappa shape index (κ3) is 3.44. The van der Waals surface area contributed by atoms with Crippen LogP contribution in [0.3, 0.4) is 0 Å². The van der Waals surface area contributed by atoms with Crippen molar-refractivity contribution < 1.29 is 18.7 Å². The molecule has 2 rings (SSSR count). The molecule has 7 nitrogen and oxygen atoms in total. The first kappa shape index (κ1) is 16.8. The summed E-state index contributed by atoms with van der Waals surface area (Å²) in [6, 6.07) is 1.58. The van der Waals surface area contributed by atoms with E-state index < -0.39 is 5.97 Å². The summed E-state index contributed by atoms with van der Waals surface area (Å²) < 4.78 is 10.1. The van der Waals surface area contributed by atoms with E-state index in [1.54, 1.807) is 13.0 Å². The highest BCUT2D eigenvalue weighted by molar-refractivity contribution is 5.90. The lowest BCUT2D eigenvalue weighted by molar-refractivity contribution is -0.122. The zero-order valence-electron chi connectivity index (χ0n) is 13.9. The summed E-state index contributed by atoms with van der Waals surface area (Å²) in [7, 11) is 1.31. The summed E-state index contributed by atoms with van der Waals surface area (Å²) in [6.07, 6.45) is 0. The molecule has 0 aliphatic heterocycles. The van der Waals surface area contributed by atoms with E-state index in [0.717, 1.165) is 17.0 Å². The number of rotatable bonds is 5. The number of methoxy groups -OCH3 is 1. The number of nitrogens with zero attached hydrogens (tertiary/aromatic N) is 1. The van der Waals surface area contributed by atoms with Gasteiger partial charge in [-0.1, -0.05) is 0 Å². The molecule has 0 saturated heterocycles. The van der Waals surface area contributed by atoms with Crippen LogP contribution < -0.4 is 5.32 Å². The first-order chi connectivity index (χ1) is 10.8. The van der Waals surface area contributed by atoms with E-state index in [2.05, 4.69) is 20.3 Å². The third-order valence-corrected chi connectivity index (χ3v) is 3.82. The van der Waals surface area contributed by atoms with E-state index >= 15 is 0 Å². The average molecular weight is 319 g/mol. The highest BCUT2D eigenvalue weighted by Crippen LogP contribution is 2.22. The number of aromatic amines is 1.